The molecule has 9 nitrogen and oxygen atoms in total. The predicted molar refractivity (Wildman–Crippen MR) is 97.6 cm³/mol. The fraction of sp³-hybridized carbons (Fsp3) is 0.389. The first-order valence-electron chi connectivity index (χ1n) is 8.86. The quantitative estimate of drug-likeness (QED) is 0.681. The molecule has 3 rings (SSSR count). The molecule has 2 aromatic rings. The van der Waals surface area contributed by atoms with Crippen molar-refractivity contribution in [3.63, 3.8) is 0 Å². The number of halogens is 3. The van der Waals surface area contributed by atoms with E-state index in [1.54, 1.807) is 0 Å². The number of fused-ring (bicyclic) bond motifs is 1. The van der Waals surface area contributed by atoms with Gasteiger partial charge in [0.25, 0.3) is 5.91 Å². The van der Waals surface area contributed by atoms with Gasteiger partial charge in [0.15, 0.2) is 11.5 Å². The molecule has 12 heteroatoms. The Morgan fingerprint density at radius 2 is 1.97 bits per heavy atom. The fourth-order valence-corrected chi connectivity index (χ4v) is 2.83. The zero-order valence-corrected chi connectivity index (χ0v) is 16.2. The van der Waals surface area contributed by atoms with E-state index in [-0.39, 0.29) is 35.7 Å². The van der Waals surface area contributed by atoms with Gasteiger partial charge in [0.05, 0.1) is 0 Å². The zero-order valence-electron chi connectivity index (χ0n) is 16.2. The summed E-state index contributed by atoms with van der Waals surface area (Å²) in [7, 11) is 3.00. The Hall–Kier alpha value is -3.28. The van der Waals surface area contributed by atoms with Crippen LogP contribution < -0.4 is 14.4 Å². The smallest absolute Gasteiger partial charge is 0.425 e. The van der Waals surface area contributed by atoms with E-state index in [9.17, 15) is 22.8 Å². The number of methoxy groups -OCH3 is 1. The molecule has 0 saturated heterocycles. The van der Waals surface area contributed by atoms with E-state index in [2.05, 4.69) is 14.7 Å². The summed E-state index contributed by atoms with van der Waals surface area (Å²) in [6.07, 6.45) is -4.31. The lowest BCUT2D eigenvalue weighted by Crippen LogP contribution is -2.38. The molecule has 0 spiro atoms. The number of likely N-dealkylation sites (N-methyl/N-ethyl adjacent to an activating group) is 1. The molecule has 2 heterocycles. The van der Waals surface area contributed by atoms with Crippen molar-refractivity contribution in [1.29, 1.82) is 0 Å². The van der Waals surface area contributed by atoms with E-state index < -0.39 is 18.0 Å². The molecule has 0 atom stereocenters. The normalized spacial score (nSPS) is 14.6. The van der Waals surface area contributed by atoms with Crippen LogP contribution in [-0.4, -0.2) is 66.9 Å². The number of amides is 2. The maximum absolute atomic E-state index is 12.8. The van der Waals surface area contributed by atoms with Crippen LogP contribution in [0.4, 0.5) is 19.0 Å². The number of hydrogen-bond donors (Lipinski definition) is 1. The van der Waals surface area contributed by atoms with Crippen molar-refractivity contribution in [1.82, 2.24) is 14.9 Å². The van der Waals surface area contributed by atoms with Crippen molar-refractivity contribution < 1.29 is 37.0 Å². The summed E-state index contributed by atoms with van der Waals surface area (Å²) in [6, 6.07) is 4.68. The molecule has 1 N–H and O–H groups in total. The third-order valence-corrected chi connectivity index (χ3v) is 4.21. The van der Waals surface area contributed by atoms with Gasteiger partial charge < -0.3 is 24.1 Å². The number of alkyl halides is 3. The van der Waals surface area contributed by atoms with Gasteiger partial charge in [-0.1, -0.05) is 6.07 Å². The molecule has 1 aromatic carbocycles. The van der Waals surface area contributed by atoms with Crippen LogP contribution in [0.1, 0.15) is 16.9 Å². The van der Waals surface area contributed by atoms with Gasteiger partial charge in [-0.2, -0.15) is 4.98 Å². The molecule has 0 fully saturated rings. The minimum Gasteiger partial charge on any atom is -0.425 e. The van der Waals surface area contributed by atoms with Crippen molar-refractivity contribution in [3.8, 4) is 17.5 Å². The van der Waals surface area contributed by atoms with Crippen molar-refractivity contribution in [3.05, 3.63) is 30.0 Å². The second-order valence-corrected chi connectivity index (χ2v) is 6.39. The molecule has 0 radical (unpaired) electrons. The van der Waals surface area contributed by atoms with Crippen molar-refractivity contribution >= 4 is 17.6 Å². The maximum atomic E-state index is 12.8. The first-order valence-corrected chi connectivity index (χ1v) is 8.86. The summed E-state index contributed by atoms with van der Waals surface area (Å²) in [5.41, 5.74) is 0.0402. The van der Waals surface area contributed by atoms with Crippen molar-refractivity contribution in [2.75, 3.05) is 38.8 Å². The number of aromatic amines is 1. The number of aromatic nitrogens is 2. The van der Waals surface area contributed by atoms with Crippen LogP contribution in [-0.2, 0) is 9.53 Å². The Kier molecular flexibility index (Phi) is 6.15. The number of benzene rings is 1. The highest BCUT2D eigenvalue weighted by Crippen LogP contribution is 2.31. The summed E-state index contributed by atoms with van der Waals surface area (Å²) in [6.45, 7) is 0.613. The second kappa shape index (κ2) is 8.61. The fourth-order valence-electron chi connectivity index (χ4n) is 2.83. The van der Waals surface area contributed by atoms with E-state index in [0.717, 1.165) is 12.1 Å². The van der Waals surface area contributed by atoms with Crippen molar-refractivity contribution in [2.45, 2.75) is 12.8 Å². The molecule has 162 valence electrons. The van der Waals surface area contributed by atoms with Gasteiger partial charge in [-0.25, -0.2) is 0 Å². The zero-order chi connectivity index (χ0) is 21.9. The largest absolute Gasteiger partial charge is 0.573 e. The third-order valence-electron chi connectivity index (χ3n) is 4.21. The molecule has 0 aliphatic carbocycles. The van der Waals surface area contributed by atoms with Gasteiger partial charge in [0, 0.05) is 33.4 Å². The predicted octanol–water partition coefficient (Wildman–Crippen LogP) is 2.56. The first-order chi connectivity index (χ1) is 14.2. The highest BCUT2D eigenvalue weighted by atomic mass is 19.4. The van der Waals surface area contributed by atoms with Crippen LogP contribution in [0, 0.1) is 0 Å². The molecule has 1 aliphatic heterocycles. The molecule has 30 heavy (non-hydrogen) atoms. The van der Waals surface area contributed by atoms with Gasteiger partial charge in [-0.3, -0.25) is 14.5 Å². The molecule has 1 aromatic heterocycles. The SMILES string of the molecule is COCCCN1CC(=O)N(C)c2nc(Oc3cccc(OC(F)(F)F)c3)[nH]c2C1=O. The Morgan fingerprint density at radius 1 is 1.23 bits per heavy atom. The van der Waals surface area contributed by atoms with Gasteiger partial charge in [-0.15, -0.1) is 13.2 Å². The molecule has 0 bridgehead atoms. The van der Waals surface area contributed by atoms with E-state index in [4.69, 9.17) is 9.47 Å². The number of rotatable bonds is 7. The molecular weight excluding hydrogens is 409 g/mol. The Bertz CT molecular complexity index is 931. The lowest BCUT2D eigenvalue weighted by molar-refractivity contribution is -0.274. The number of hydrogen-bond acceptors (Lipinski definition) is 6. The van der Waals surface area contributed by atoms with Crippen LogP contribution in [0.3, 0.4) is 0 Å². The van der Waals surface area contributed by atoms with Gasteiger partial charge in [-0.05, 0) is 18.6 Å². The van der Waals surface area contributed by atoms with E-state index in [0.29, 0.717) is 19.6 Å². The highest BCUT2D eigenvalue weighted by molar-refractivity contribution is 6.07. The van der Waals surface area contributed by atoms with Crippen molar-refractivity contribution in [2.24, 2.45) is 0 Å². The molecular formula is C18H19F3N4O5. The summed E-state index contributed by atoms with van der Waals surface area (Å²) in [5.74, 6) is -1.20. The number of imidazole rings is 1. The van der Waals surface area contributed by atoms with Crippen LogP contribution in [0.15, 0.2) is 24.3 Å². The lowest BCUT2D eigenvalue weighted by Gasteiger charge is -2.19. The molecule has 2 amide bonds. The topological polar surface area (TPSA) is 97.0 Å². The van der Waals surface area contributed by atoms with Crippen LogP contribution in [0.25, 0.3) is 0 Å². The third kappa shape index (κ3) is 5.00. The van der Waals surface area contributed by atoms with Gasteiger partial charge in [0.2, 0.25) is 5.91 Å². The number of nitrogens with one attached hydrogen (secondary N) is 1. The lowest BCUT2D eigenvalue weighted by atomic mass is 10.3. The second-order valence-electron chi connectivity index (χ2n) is 6.39. The van der Waals surface area contributed by atoms with E-state index >= 15 is 0 Å². The monoisotopic (exact) mass is 428 g/mol. The first kappa shape index (κ1) is 21.4. The Labute approximate surface area is 169 Å². The minimum atomic E-state index is -4.84. The number of carbonyl (C=O) groups is 2. The van der Waals surface area contributed by atoms with Gasteiger partial charge >= 0.3 is 12.4 Å². The number of H-pyrrole nitrogens is 1. The maximum Gasteiger partial charge on any atom is 0.573 e. The minimum absolute atomic E-state index is 0.000890. The van der Waals surface area contributed by atoms with E-state index in [1.165, 1.54) is 36.1 Å². The summed E-state index contributed by atoms with van der Waals surface area (Å²) in [4.78, 5) is 34.6. The number of anilines is 1. The Balaban J connectivity index is 1.83. The average molecular weight is 428 g/mol. The molecule has 0 unspecified atom stereocenters. The number of nitrogens with zero attached hydrogens (tertiary/aromatic N) is 3. The number of carbonyl (C=O) groups excluding carboxylic acids is 2. The summed E-state index contributed by atoms with van der Waals surface area (Å²) < 4.78 is 51.5. The highest BCUT2D eigenvalue weighted by Gasteiger charge is 2.33. The standard InChI is InChI=1S/C18H19F3N4O5/c1-24-13(26)10-25(7-4-8-28-2)16(27)14-15(24)23-17(22-14)29-11-5-3-6-12(9-11)30-18(19,20)21/h3,5-6,9H,4,7-8,10H2,1-2H3,(H,22,23). The van der Waals surface area contributed by atoms with Gasteiger partial charge in [0.1, 0.15) is 18.0 Å². The summed E-state index contributed by atoms with van der Waals surface area (Å²) >= 11 is 0. The molecule has 0 saturated carbocycles. The van der Waals surface area contributed by atoms with Crippen LogP contribution >= 0.6 is 0 Å². The van der Waals surface area contributed by atoms with Crippen LogP contribution in [0.2, 0.25) is 0 Å². The summed E-state index contributed by atoms with van der Waals surface area (Å²) in [5, 5.41) is 0. The van der Waals surface area contributed by atoms with E-state index in [1.807, 2.05) is 0 Å². The van der Waals surface area contributed by atoms with Crippen LogP contribution in [0.5, 0.6) is 17.5 Å². The molecule has 1 aliphatic rings. The average Bonchev–Trinajstić information content (AvgIpc) is 3.05. The Morgan fingerprint density at radius 3 is 2.67 bits per heavy atom. The number of ether oxygens (including phenoxy) is 3.